The number of rotatable bonds is 4. The normalized spacial score (nSPS) is 11.5. The van der Waals surface area contributed by atoms with Crippen LogP contribution in [0.2, 0.25) is 0 Å². The summed E-state index contributed by atoms with van der Waals surface area (Å²) in [6.45, 7) is 0.888. The van der Waals surface area contributed by atoms with Crippen LogP contribution in [0.1, 0.15) is 16.1 Å². The number of aromatic carboxylic acids is 1. The van der Waals surface area contributed by atoms with Gasteiger partial charge in [0.05, 0.1) is 16.6 Å². The highest BCUT2D eigenvalue weighted by molar-refractivity contribution is 5.93. The zero-order valence-electron chi connectivity index (χ0n) is 11.4. The maximum absolute atomic E-state index is 11.1. The Bertz CT molecular complexity index is 800. The van der Waals surface area contributed by atoms with Gasteiger partial charge < -0.3 is 15.0 Å². The van der Waals surface area contributed by atoms with E-state index in [0.29, 0.717) is 0 Å². The summed E-state index contributed by atoms with van der Waals surface area (Å²) in [5.74, 6) is -0.0955. The summed E-state index contributed by atoms with van der Waals surface area (Å²) >= 11 is 0. The third kappa shape index (κ3) is 1.85. The van der Waals surface area contributed by atoms with E-state index in [9.17, 15) is 4.79 Å². The summed E-state index contributed by atoms with van der Waals surface area (Å²) in [7, 11) is 3.90. The molecule has 20 heavy (non-hydrogen) atoms. The third-order valence-electron chi connectivity index (χ3n) is 3.56. The van der Waals surface area contributed by atoms with Crippen molar-refractivity contribution in [1.82, 2.24) is 19.3 Å². The lowest BCUT2D eigenvalue weighted by molar-refractivity contribution is 0.0697. The molecule has 0 fully saturated rings. The lowest BCUT2D eigenvalue weighted by atomic mass is 10.2. The van der Waals surface area contributed by atoms with Crippen LogP contribution in [0.15, 0.2) is 24.4 Å². The number of imidazole rings is 2. The van der Waals surface area contributed by atoms with Gasteiger partial charge in [0, 0.05) is 31.9 Å². The molecule has 2 aromatic heterocycles. The van der Waals surface area contributed by atoms with E-state index < -0.39 is 5.97 Å². The number of hydrogen-bond donors (Lipinski definition) is 2. The van der Waals surface area contributed by atoms with E-state index in [-0.39, 0.29) is 5.56 Å². The minimum atomic E-state index is -0.923. The van der Waals surface area contributed by atoms with Crippen molar-refractivity contribution in [1.29, 1.82) is 0 Å². The molecular weight excluding hydrogens is 256 g/mol. The molecule has 0 saturated heterocycles. The first-order valence-corrected chi connectivity index (χ1v) is 6.46. The number of likely N-dealkylation sites (N-methyl/N-ethyl adjacent to an activating group) is 1. The van der Waals surface area contributed by atoms with Crippen molar-refractivity contribution in [2.24, 2.45) is 7.05 Å². The van der Waals surface area contributed by atoms with E-state index in [2.05, 4.69) is 10.3 Å². The Hall–Kier alpha value is -2.34. The van der Waals surface area contributed by atoms with Crippen LogP contribution in [-0.2, 0) is 13.5 Å². The number of hydrogen-bond acceptors (Lipinski definition) is 3. The van der Waals surface area contributed by atoms with Gasteiger partial charge in [0.1, 0.15) is 0 Å². The van der Waals surface area contributed by atoms with Crippen molar-refractivity contribution in [3.05, 3.63) is 35.7 Å². The summed E-state index contributed by atoms with van der Waals surface area (Å²) in [6.07, 6.45) is 2.92. The van der Waals surface area contributed by atoms with Crippen molar-refractivity contribution in [2.45, 2.75) is 6.42 Å². The van der Waals surface area contributed by atoms with Crippen LogP contribution in [0.4, 0.5) is 0 Å². The first-order chi connectivity index (χ1) is 9.61. The number of nitrogens with zero attached hydrogens (tertiary/aromatic N) is 3. The Morgan fingerprint density at radius 2 is 2.25 bits per heavy atom. The molecule has 0 unspecified atom stereocenters. The predicted molar refractivity (Wildman–Crippen MR) is 76.3 cm³/mol. The van der Waals surface area contributed by atoms with E-state index in [1.165, 1.54) is 0 Å². The maximum atomic E-state index is 11.1. The topological polar surface area (TPSA) is 71.6 Å². The number of fused-ring (bicyclic) bond motifs is 3. The van der Waals surface area contributed by atoms with Crippen molar-refractivity contribution < 1.29 is 9.90 Å². The van der Waals surface area contributed by atoms with E-state index in [0.717, 1.165) is 35.5 Å². The first kappa shape index (κ1) is 12.7. The van der Waals surface area contributed by atoms with Crippen molar-refractivity contribution in [3.8, 4) is 0 Å². The van der Waals surface area contributed by atoms with E-state index >= 15 is 0 Å². The molecule has 0 atom stereocenters. The number of carboxylic acid groups (broad SMARTS) is 1. The Morgan fingerprint density at radius 3 is 2.95 bits per heavy atom. The molecular formula is C14H16N4O2. The van der Waals surface area contributed by atoms with E-state index in [1.807, 2.05) is 29.3 Å². The highest BCUT2D eigenvalue weighted by atomic mass is 16.4. The molecule has 0 saturated carbocycles. The van der Waals surface area contributed by atoms with Gasteiger partial charge in [0.25, 0.3) is 0 Å². The Labute approximate surface area is 115 Å². The number of carboxylic acids is 1. The number of aryl methyl sites for hydroxylation is 1. The zero-order valence-corrected chi connectivity index (χ0v) is 11.4. The fourth-order valence-corrected chi connectivity index (χ4v) is 2.43. The Morgan fingerprint density at radius 1 is 1.45 bits per heavy atom. The summed E-state index contributed by atoms with van der Waals surface area (Å²) in [6, 6.07) is 5.00. The fourth-order valence-electron chi connectivity index (χ4n) is 2.43. The molecule has 0 aliphatic heterocycles. The van der Waals surface area contributed by atoms with Gasteiger partial charge in [-0.05, 0) is 25.2 Å². The van der Waals surface area contributed by atoms with Gasteiger partial charge >= 0.3 is 5.97 Å². The van der Waals surface area contributed by atoms with Gasteiger partial charge in [0.15, 0.2) is 0 Å². The van der Waals surface area contributed by atoms with Crippen LogP contribution in [0, 0.1) is 0 Å². The number of nitrogens with one attached hydrogen (secondary N) is 1. The molecule has 6 nitrogen and oxygen atoms in total. The molecule has 0 bridgehead atoms. The molecule has 0 aliphatic carbocycles. The minimum absolute atomic E-state index is 0.278. The van der Waals surface area contributed by atoms with Gasteiger partial charge in [0.2, 0.25) is 5.78 Å². The molecule has 0 aliphatic rings. The lowest BCUT2D eigenvalue weighted by Gasteiger charge is -2.00. The Balaban J connectivity index is 2.19. The Kier molecular flexibility index (Phi) is 2.94. The monoisotopic (exact) mass is 272 g/mol. The second-order valence-electron chi connectivity index (χ2n) is 4.82. The van der Waals surface area contributed by atoms with Crippen molar-refractivity contribution in [3.63, 3.8) is 0 Å². The average molecular weight is 272 g/mol. The second kappa shape index (κ2) is 4.64. The van der Waals surface area contributed by atoms with Gasteiger partial charge in [-0.1, -0.05) is 0 Å². The molecule has 2 heterocycles. The summed E-state index contributed by atoms with van der Waals surface area (Å²) in [5.41, 5.74) is 3.07. The standard InChI is InChI=1S/C14H16N4O2/c1-15-6-5-10-8-18-12-7-9(13(19)20)3-4-11(12)16-14(18)17(10)2/h3-4,7-8,15H,5-6H2,1-2H3,(H,19,20). The van der Waals surface area contributed by atoms with Gasteiger partial charge in [-0.2, -0.15) is 0 Å². The van der Waals surface area contributed by atoms with Gasteiger partial charge in [-0.15, -0.1) is 0 Å². The number of aromatic nitrogens is 3. The molecule has 0 radical (unpaired) electrons. The minimum Gasteiger partial charge on any atom is -0.478 e. The largest absolute Gasteiger partial charge is 0.478 e. The predicted octanol–water partition coefficient (Wildman–Crippen LogP) is 1.29. The molecule has 2 N–H and O–H groups in total. The summed E-state index contributed by atoms with van der Waals surface area (Å²) in [4.78, 5) is 15.6. The average Bonchev–Trinajstić information content (AvgIpc) is 2.93. The highest BCUT2D eigenvalue weighted by Crippen LogP contribution is 2.20. The molecule has 0 amide bonds. The zero-order chi connectivity index (χ0) is 14.3. The summed E-state index contributed by atoms with van der Waals surface area (Å²) in [5, 5.41) is 12.2. The van der Waals surface area contributed by atoms with Crippen LogP contribution >= 0.6 is 0 Å². The van der Waals surface area contributed by atoms with Crippen LogP contribution < -0.4 is 5.32 Å². The van der Waals surface area contributed by atoms with E-state index in [1.54, 1.807) is 18.2 Å². The van der Waals surface area contributed by atoms with Crippen LogP contribution in [0.5, 0.6) is 0 Å². The molecule has 104 valence electrons. The molecule has 3 rings (SSSR count). The van der Waals surface area contributed by atoms with Crippen molar-refractivity contribution in [2.75, 3.05) is 13.6 Å². The number of carbonyl (C=O) groups is 1. The van der Waals surface area contributed by atoms with Crippen LogP contribution in [-0.4, -0.2) is 38.6 Å². The number of benzene rings is 1. The molecule has 0 spiro atoms. The maximum Gasteiger partial charge on any atom is 0.335 e. The SMILES string of the molecule is CNCCc1cn2c3cc(C(=O)O)ccc3nc2n1C. The van der Waals surface area contributed by atoms with Crippen LogP contribution in [0.3, 0.4) is 0 Å². The fraction of sp³-hybridized carbons (Fsp3) is 0.286. The molecule has 6 heteroatoms. The molecule has 1 aromatic carbocycles. The first-order valence-electron chi connectivity index (χ1n) is 6.46. The summed E-state index contributed by atoms with van der Waals surface area (Å²) < 4.78 is 3.99. The quantitative estimate of drug-likeness (QED) is 0.750. The molecule has 3 aromatic rings. The lowest BCUT2D eigenvalue weighted by Crippen LogP contribution is -2.12. The third-order valence-corrected chi connectivity index (χ3v) is 3.56. The van der Waals surface area contributed by atoms with Crippen LogP contribution in [0.25, 0.3) is 16.8 Å². The smallest absolute Gasteiger partial charge is 0.335 e. The van der Waals surface area contributed by atoms with E-state index in [4.69, 9.17) is 5.11 Å². The highest BCUT2D eigenvalue weighted by Gasteiger charge is 2.13. The van der Waals surface area contributed by atoms with Gasteiger partial charge in [-0.3, -0.25) is 4.40 Å². The van der Waals surface area contributed by atoms with Gasteiger partial charge in [-0.25, -0.2) is 9.78 Å². The second-order valence-corrected chi connectivity index (χ2v) is 4.82. The van der Waals surface area contributed by atoms with Crippen molar-refractivity contribution >= 4 is 22.8 Å².